The van der Waals surface area contributed by atoms with Crippen molar-refractivity contribution < 1.29 is 13.9 Å². The summed E-state index contributed by atoms with van der Waals surface area (Å²) in [4.78, 5) is 12.4. The zero-order valence-corrected chi connectivity index (χ0v) is 13.6. The Morgan fingerprint density at radius 3 is 2.74 bits per heavy atom. The summed E-state index contributed by atoms with van der Waals surface area (Å²) in [5, 5.41) is 4.20. The molecule has 0 fully saturated rings. The van der Waals surface area contributed by atoms with Gasteiger partial charge in [0.2, 0.25) is 0 Å². The first-order valence-electron chi connectivity index (χ1n) is 7.19. The van der Waals surface area contributed by atoms with Gasteiger partial charge in [0.05, 0.1) is 12.1 Å². The van der Waals surface area contributed by atoms with Crippen LogP contribution in [0.25, 0.3) is 11.0 Å². The van der Waals surface area contributed by atoms with Crippen LogP contribution in [-0.4, -0.2) is 13.0 Å². The first kappa shape index (κ1) is 15.4. The number of ether oxygens (including phenoxy) is 1. The van der Waals surface area contributed by atoms with E-state index < -0.39 is 0 Å². The van der Waals surface area contributed by atoms with Crippen LogP contribution in [0, 0.1) is 6.92 Å². The smallest absolute Gasteiger partial charge is 0.287 e. The van der Waals surface area contributed by atoms with E-state index in [4.69, 9.17) is 20.8 Å². The lowest BCUT2D eigenvalue weighted by Gasteiger charge is -2.08. The van der Waals surface area contributed by atoms with E-state index in [9.17, 15) is 4.79 Å². The van der Waals surface area contributed by atoms with Crippen LogP contribution in [0.2, 0.25) is 5.02 Å². The van der Waals surface area contributed by atoms with E-state index in [1.807, 2.05) is 43.3 Å². The number of hydrogen-bond donors (Lipinski definition) is 1. The van der Waals surface area contributed by atoms with Gasteiger partial charge in [0.25, 0.3) is 5.91 Å². The first-order chi connectivity index (χ1) is 11.1. The molecule has 5 heteroatoms. The molecule has 0 atom stereocenters. The van der Waals surface area contributed by atoms with E-state index in [0.717, 1.165) is 22.3 Å². The maximum Gasteiger partial charge on any atom is 0.287 e. The number of halogens is 1. The van der Waals surface area contributed by atoms with Crippen LogP contribution in [-0.2, 0) is 6.54 Å². The molecule has 0 unspecified atom stereocenters. The van der Waals surface area contributed by atoms with Gasteiger partial charge in [-0.2, -0.15) is 0 Å². The van der Waals surface area contributed by atoms with Crippen molar-refractivity contribution in [2.75, 3.05) is 7.11 Å². The van der Waals surface area contributed by atoms with Crippen molar-refractivity contribution in [3.63, 3.8) is 0 Å². The third-order valence-electron chi connectivity index (χ3n) is 3.75. The second kappa shape index (κ2) is 6.34. The average Bonchev–Trinajstić information content (AvgIpc) is 2.91. The first-order valence-corrected chi connectivity index (χ1v) is 7.57. The second-order valence-corrected chi connectivity index (χ2v) is 5.57. The van der Waals surface area contributed by atoms with Crippen LogP contribution < -0.4 is 10.1 Å². The standard InChI is InChI=1S/C18H16ClNO3/c1-11-13-7-5-8-14(19)17(13)23-16(11)18(21)20-10-12-6-3-4-9-15(12)22-2/h3-9H,10H2,1-2H3,(H,20,21). The summed E-state index contributed by atoms with van der Waals surface area (Å²) in [6, 6.07) is 13.0. The molecule has 23 heavy (non-hydrogen) atoms. The average molecular weight is 330 g/mol. The lowest BCUT2D eigenvalue weighted by molar-refractivity contribution is 0.0924. The molecule has 0 saturated carbocycles. The van der Waals surface area contributed by atoms with Gasteiger partial charge < -0.3 is 14.5 Å². The van der Waals surface area contributed by atoms with Crippen LogP contribution in [0.3, 0.4) is 0 Å². The van der Waals surface area contributed by atoms with Crippen LogP contribution in [0.4, 0.5) is 0 Å². The van der Waals surface area contributed by atoms with Crippen LogP contribution in [0.5, 0.6) is 5.75 Å². The number of amides is 1. The van der Waals surface area contributed by atoms with Gasteiger partial charge in [-0.05, 0) is 19.1 Å². The number of hydrogen-bond acceptors (Lipinski definition) is 3. The Morgan fingerprint density at radius 2 is 2.00 bits per heavy atom. The lowest BCUT2D eigenvalue weighted by Crippen LogP contribution is -2.23. The Kier molecular flexibility index (Phi) is 4.26. The minimum atomic E-state index is -0.277. The van der Waals surface area contributed by atoms with Crippen LogP contribution in [0.1, 0.15) is 21.7 Å². The topological polar surface area (TPSA) is 51.5 Å². The summed E-state index contributed by atoms with van der Waals surface area (Å²) >= 11 is 6.12. The fourth-order valence-electron chi connectivity index (χ4n) is 2.53. The van der Waals surface area contributed by atoms with E-state index in [2.05, 4.69) is 5.32 Å². The van der Waals surface area contributed by atoms with E-state index in [-0.39, 0.29) is 11.7 Å². The third-order valence-corrected chi connectivity index (χ3v) is 4.05. The van der Waals surface area contributed by atoms with Gasteiger partial charge in [-0.15, -0.1) is 0 Å². The monoisotopic (exact) mass is 329 g/mol. The molecule has 0 aliphatic heterocycles. The largest absolute Gasteiger partial charge is 0.496 e. The maximum absolute atomic E-state index is 12.4. The van der Waals surface area contributed by atoms with E-state index in [1.54, 1.807) is 13.2 Å². The summed E-state index contributed by atoms with van der Waals surface area (Å²) in [6.45, 7) is 2.20. The van der Waals surface area contributed by atoms with Crippen molar-refractivity contribution in [2.45, 2.75) is 13.5 Å². The number of furan rings is 1. The summed E-state index contributed by atoms with van der Waals surface area (Å²) < 4.78 is 10.9. The molecule has 1 heterocycles. The lowest BCUT2D eigenvalue weighted by atomic mass is 10.1. The van der Waals surface area contributed by atoms with Crippen molar-refractivity contribution in [1.82, 2.24) is 5.32 Å². The van der Waals surface area contributed by atoms with Crippen LogP contribution >= 0.6 is 11.6 Å². The molecule has 0 saturated heterocycles. The van der Waals surface area contributed by atoms with E-state index in [1.165, 1.54) is 0 Å². The molecule has 0 bridgehead atoms. The van der Waals surface area contributed by atoms with E-state index in [0.29, 0.717) is 17.2 Å². The highest BCUT2D eigenvalue weighted by molar-refractivity contribution is 6.35. The van der Waals surface area contributed by atoms with Crippen LogP contribution in [0.15, 0.2) is 46.9 Å². The molecule has 4 nitrogen and oxygen atoms in total. The number of nitrogens with one attached hydrogen (secondary N) is 1. The molecule has 2 aromatic carbocycles. The number of rotatable bonds is 4. The van der Waals surface area contributed by atoms with Gasteiger partial charge in [0, 0.05) is 23.1 Å². The number of aryl methyl sites for hydroxylation is 1. The van der Waals surface area contributed by atoms with Gasteiger partial charge in [-0.25, -0.2) is 0 Å². The van der Waals surface area contributed by atoms with Crippen molar-refractivity contribution in [1.29, 1.82) is 0 Å². The summed E-state index contributed by atoms with van der Waals surface area (Å²) in [5.41, 5.74) is 2.21. The molecule has 0 aliphatic carbocycles. The highest BCUT2D eigenvalue weighted by atomic mass is 35.5. The zero-order valence-electron chi connectivity index (χ0n) is 12.9. The Morgan fingerprint density at radius 1 is 1.22 bits per heavy atom. The molecule has 1 amide bonds. The van der Waals surface area contributed by atoms with Crippen molar-refractivity contribution in [3.05, 3.63) is 64.4 Å². The summed E-state index contributed by atoms with van der Waals surface area (Å²) in [7, 11) is 1.60. The third kappa shape index (κ3) is 2.90. The molecule has 118 valence electrons. The van der Waals surface area contributed by atoms with Crippen molar-refractivity contribution in [2.24, 2.45) is 0 Å². The quantitative estimate of drug-likeness (QED) is 0.775. The highest BCUT2D eigenvalue weighted by Crippen LogP contribution is 2.30. The Hall–Kier alpha value is -2.46. The molecule has 1 N–H and O–H groups in total. The van der Waals surface area contributed by atoms with Crippen molar-refractivity contribution in [3.8, 4) is 5.75 Å². The summed E-state index contributed by atoms with van der Waals surface area (Å²) in [5.74, 6) is 0.737. The number of para-hydroxylation sites is 2. The molecule has 0 radical (unpaired) electrons. The number of methoxy groups -OCH3 is 1. The van der Waals surface area contributed by atoms with Gasteiger partial charge in [-0.3, -0.25) is 4.79 Å². The Labute approximate surface area is 139 Å². The number of benzene rings is 2. The summed E-state index contributed by atoms with van der Waals surface area (Å²) in [6.07, 6.45) is 0. The molecule has 0 spiro atoms. The molecule has 3 aromatic rings. The van der Waals surface area contributed by atoms with E-state index >= 15 is 0 Å². The predicted octanol–water partition coefficient (Wildman–Crippen LogP) is 4.33. The highest BCUT2D eigenvalue weighted by Gasteiger charge is 2.19. The Balaban J connectivity index is 1.84. The second-order valence-electron chi connectivity index (χ2n) is 5.17. The van der Waals surface area contributed by atoms with Crippen molar-refractivity contribution >= 4 is 28.5 Å². The number of carbonyl (C=O) groups is 1. The minimum Gasteiger partial charge on any atom is -0.496 e. The van der Waals surface area contributed by atoms with Gasteiger partial charge >= 0.3 is 0 Å². The molecular weight excluding hydrogens is 314 g/mol. The molecule has 0 aliphatic rings. The fourth-order valence-corrected chi connectivity index (χ4v) is 2.74. The molecule has 1 aromatic heterocycles. The fraction of sp³-hybridized carbons (Fsp3) is 0.167. The zero-order chi connectivity index (χ0) is 16.4. The Bertz CT molecular complexity index is 870. The maximum atomic E-state index is 12.4. The minimum absolute atomic E-state index is 0.277. The van der Waals surface area contributed by atoms with Gasteiger partial charge in [0.1, 0.15) is 5.75 Å². The SMILES string of the molecule is COc1ccccc1CNC(=O)c1oc2c(Cl)cccc2c1C. The molecule has 3 rings (SSSR count). The number of fused-ring (bicyclic) bond motifs is 1. The molecular formula is C18H16ClNO3. The predicted molar refractivity (Wildman–Crippen MR) is 90.1 cm³/mol. The van der Waals surface area contributed by atoms with Gasteiger partial charge in [-0.1, -0.05) is 41.9 Å². The van der Waals surface area contributed by atoms with Gasteiger partial charge in [0.15, 0.2) is 11.3 Å². The normalized spacial score (nSPS) is 10.7. The number of carbonyl (C=O) groups excluding carboxylic acids is 1.